The molecular formula is C9H18Si. The Bertz CT molecular complexity index is 158. The summed E-state index contributed by atoms with van der Waals surface area (Å²) in [7, 11) is -1.09. The molecule has 0 aromatic rings. The Kier molecular flexibility index (Phi) is 3.10. The maximum Gasteiger partial charge on any atom is 0.0774 e. The minimum atomic E-state index is -1.09. The van der Waals surface area contributed by atoms with E-state index >= 15 is 0 Å². The van der Waals surface area contributed by atoms with Gasteiger partial charge in [0, 0.05) is 0 Å². The molecule has 0 aliphatic carbocycles. The third-order valence-electron chi connectivity index (χ3n) is 1.56. The van der Waals surface area contributed by atoms with Crippen molar-refractivity contribution in [2.75, 3.05) is 0 Å². The topological polar surface area (TPSA) is 0 Å². The summed E-state index contributed by atoms with van der Waals surface area (Å²) in [6.07, 6.45) is 2.20. The molecule has 58 valence electrons. The SMILES string of the molecule is C=C(C)/C(=C/C)[Si](C)(C)C. The van der Waals surface area contributed by atoms with Crippen LogP contribution in [0.5, 0.6) is 0 Å². The van der Waals surface area contributed by atoms with Crippen LogP contribution in [0.2, 0.25) is 19.6 Å². The molecule has 0 rings (SSSR count). The average Bonchev–Trinajstić information content (AvgIpc) is 1.60. The molecule has 0 aliphatic heterocycles. The summed E-state index contributed by atoms with van der Waals surface area (Å²) >= 11 is 0. The van der Waals surface area contributed by atoms with Gasteiger partial charge in [-0.3, -0.25) is 0 Å². The molecule has 1 heteroatoms. The van der Waals surface area contributed by atoms with Crippen LogP contribution in [0.25, 0.3) is 0 Å². The van der Waals surface area contributed by atoms with E-state index in [9.17, 15) is 0 Å². The zero-order chi connectivity index (χ0) is 8.36. The van der Waals surface area contributed by atoms with Crippen molar-refractivity contribution >= 4 is 8.07 Å². The monoisotopic (exact) mass is 154 g/mol. The van der Waals surface area contributed by atoms with Gasteiger partial charge in [0.15, 0.2) is 0 Å². The van der Waals surface area contributed by atoms with Crippen molar-refractivity contribution in [2.24, 2.45) is 0 Å². The molecule has 0 spiro atoms. The average molecular weight is 154 g/mol. The van der Waals surface area contributed by atoms with Crippen LogP contribution in [0.3, 0.4) is 0 Å². The minimum Gasteiger partial charge on any atom is -0.0962 e. The van der Waals surface area contributed by atoms with E-state index in [2.05, 4.69) is 46.1 Å². The van der Waals surface area contributed by atoms with E-state index in [0.29, 0.717) is 0 Å². The van der Waals surface area contributed by atoms with Crippen molar-refractivity contribution in [2.45, 2.75) is 33.5 Å². The molecule has 0 nitrogen and oxygen atoms in total. The first-order chi connectivity index (χ1) is 4.39. The Morgan fingerprint density at radius 2 is 1.70 bits per heavy atom. The van der Waals surface area contributed by atoms with Crippen molar-refractivity contribution in [3.05, 3.63) is 23.4 Å². The van der Waals surface area contributed by atoms with Gasteiger partial charge in [0.25, 0.3) is 0 Å². The smallest absolute Gasteiger partial charge is 0.0774 e. The summed E-state index contributed by atoms with van der Waals surface area (Å²) in [4.78, 5) is 0. The second kappa shape index (κ2) is 3.20. The van der Waals surface area contributed by atoms with E-state index in [1.807, 2.05) is 0 Å². The van der Waals surface area contributed by atoms with Crippen molar-refractivity contribution in [3.63, 3.8) is 0 Å². The Labute approximate surface area is 65.7 Å². The fraction of sp³-hybridized carbons (Fsp3) is 0.556. The van der Waals surface area contributed by atoms with Gasteiger partial charge in [-0.2, -0.15) is 0 Å². The Hall–Kier alpha value is -0.303. The van der Waals surface area contributed by atoms with Gasteiger partial charge in [-0.1, -0.05) is 43.1 Å². The predicted octanol–water partition coefficient (Wildman–Crippen LogP) is 3.39. The molecule has 0 aliphatic rings. The van der Waals surface area contributed by atoms with Gasteiger partial charge in [-0.05, 0) is 13.8 Å². The van der Waals surface area contributed by atoms with Crippen molar-refractivity contribution in [1.29, 1.82) is 0 Å². The van der Waals surface area contributed by atoms with Gasteiger partial charge in [-0.25, -0.2) is 0 Å². The first-order valence-corrected chi connectivity index (χ1v) is 7.22. The van der Waals surface area contributed by atoms with Gasteiger partial charge in [0.05, 0.1) is 8.07 Å². The molecule has 0 aromatic carbocycles. The van der Waals surface area contributed by atoms with E-state index in [4.69, 9.17) is 0 Å². The predicted molar refractivity (Wildman–Crippen MR) is 51.9 cm³/mol. The maximum atomic E-state index is 3.96. The number of hydrogen-bond donors (Lipinski definition) is 0. The second-order valence-electron chi connectivity index (χ2n) is 3.73. The Morgan fingerprint density at radius 3 is 1.70 bits per heavy atom. The molecule has 0 unspecified atom stereocenters. The highest BCUT2D eigenvalue weighted by molar-refractivity contribution is 6.83. The van der Waals surface area contributed by atoms with Crippen LogP contribution in [0.1, 0.15) is 13.8 Å². The third kappa shape index (κ3) is 2.52. The highest BCUT2D eigenvalue weighted by Crippen LogP contribution is 2.20. The summed E-state index contributed by atoms with van der Waals surface area (Å²) in [5.74, 6) is 0. The lowest BCUT2D eigenvalue weighted by Gasteiger charge is -2.20. The molecule has 0 amide bonds. The van der Waals surface area contributed by atoms with Crippen LogP contribution in [0.4, 0.5) is 0 Å². The first-order valence-electron chi connectivity index (χ1n) is 3.72. The number of rotatable bonds is 2. The summed E-state index contributed by atoms with van der Waals surface area (Å²) in [5.41, 5.74) is 1.24. The zero-order valence-electron chi connectivity index (χ0n) is 7.78. The Morgan fingerprint density at radius 1 is 1.30 bits per heavy atom. The molecule has 0 bridgehead atoms. The second-order valence-corrected chi connectivity index (χ2v) is 8.77. The summed E-state index contributed by atoms with van der Waals surface area (Å²) in [5, 5.41) is 1.49. The largest absolute Gasteiger partial charge is 0.0962 e. The number of hydrogen-bond acceptors (Lipinski definition) is 0. The van der Waals surface area contributed by atoms with Crippen LogP contribution in [-0.4, -0.2) is 8.07 Å². The molecule has 0 N–H and O–H groups in total. The van der Waals surface area contributed by atoms with Gasteiger partial charge in [0.1, 0.15) is 0 Å². The van der Waals surface area contributed by atoms with Gasteiger partial charge in [0.2, 0.25) is 0 Å². The van der Waals surface area contributed by atoms with Crippen molar-refractivity contribution < 1.29 is 0 Å². The highest BCUT2D eigenvalue weighted by Gasteiger charge is 2.18. The molecule has 0 atom stereocenters. The van der Waals surface area contributed by atoms with Crippen LogP contribution in [0, 0.1) is 0 Å². The minimum absolute atomic E-state index is 1.09. The van der Waals surface area contributed by atoms with Gasteiger partial charge < -0.3 is 0 Å². The van der Waals surface area contributed by atoms with Crippen LogP contribution in [0.15, 0.2) is 23.4 Å². The molecule has 0 heterocycles. The van der Waals surface area contributed by atoms with Crippen LogP contribution < -0.4 is 0 Å². The standard InChI is InChI=1S/C9H18Si/c1-7-9(8(2)3)10(4,5)6/h7H,2H2,1,3-6H3/b9-7-. The molecule has 0 aromatic heterocycles. The molecule has 0 saturated heterocycles. The number of allylic oxidation sites excluding steroid dienone is 3. The lowest BCUT2D eigenvalue weighted by molar-refractivity contribution is 1.44. The molecule has 0 radical (unpaired) electrons. The third-order valence-corrected chi connectivity index (χ3v) is 3.89. The quantitative estimate of drug-likeness (QED) is 0.422. The fourth-order valence-corrected chi connectivity index (χ4v) is 3.47. The first kappa shape index (κ1) is 9.70. The summed E-state index contributed by atoms with van der Waals surface area (Å²) in [6, 6.07) is 0. The lowest BCUT2D eigenvalue weighted by atomic mass is 10.3. The van der Waals surface area contributed by atoms with Crippen molar-refractivity contribution in [1.82, 2.24) is 0 Å². The van der Waals surface area contributed by atoms with Crippen LogP contribution >= 0.6 is 0 Å². The summed E-state index contributed by atoms with van der Waals surface area (Å²) < 4.78 is 0. The van der Waals surface area contributed by atoms with Gasteiger partial charge in [-0.15, -0.1) is 0 Å². The normalized spacial score (nSPS) is 13.5. The lowest BCUT2D eigenvalue weighted by Crippen LogP contribution is -2.24. The summed E-state index contributed by atoms with van der Waals surface area (Å²) in [6.45, 7) is 15.2. The van der Waals surface area contributed by atoms with E-state index in [0.717, 1.165) is 0 Å². The van der Waals surface area contributed by atoms with Gasteiger partial charge >= 0.3 is 0 Å². The van der Waals surface area contributed by atoms with E-state index in [1.54, 1.807) is 0 Å². The fourth-order valence-electron chi connectivity index (χ4n) is 1.32. The van der Waals surface area contributed by atoms with E-state index in [1.165, 1.54) is 10.8 Å². The van der Waals surface area contributed by atoms with E-state index < -0.39 is 8.07 Å². The Balaban J connectivity index is 4.56. The molecule has 0 fully saturated rings. The van der Waals surface area contributed by atoms with Crippen molar-refractivity contribution in [3.8, 4) is 0 Å². The molecule has 10 heavy (non-hydrogen) atoms. The molecule has 0 saturated carbocycles. The zero-order valence-corrected chi connectivity index (χ0v) is 8.78. The maximum absolute atomic E-state index is 3.96. The molecular weight excluding hydrogens is 136 g/mol. The highest BCUT2D eigenvalue weighted by atomic mass is 28.3. The van der Waals surface area contributed by atoms with Crippen LogP contribution in [-0.2, 0) is 0 Å². The van der Waals surface area contributed by atoms with E-state index in [-0.39, 0.29) is 0 Å².